The minimum absolute atomic E-state index is 0. The van der Waals surface area contributed by atoms with Crippen LogP contribution in [-0.4, -0.2) is 26.2 Å². The maximum atomic E-state index is 11.3. The molecule has 1 atom stereocenters. The van der Waals surface area contributed by atoms with E-state index in [1.54, 1.807) is 0 Å². The molecule has 17 heavy (non-hydrogen) atoms. The van der Waals surface area contributed by atoms with Gasteiger partial charge in [0.1, 0.15) is 0 Å². The number of ether oxygens (including phenoxy) is 1. The highest BCUT2D eigenvalue weighted by Crippen LogP contribution is 2.30. The number of carbonyl (C=O) groups is 1. The van der Waals surface area contributed by atoms with E-state index in [1.165, 1.54) is 12.7 Å². The summed E-state index contributed by atoms with van der Waals surface area (Å²) in [7, 11) is 1.40. The van der Waals surface area contributed by atoms with Gasteiger partial charge in [0.2, 0.25) is 0 Å². The number of nitrogens with one attached hydrogen (secondary N) is 1. The largest absolute Gasteiger partial charge is 0.465 e. The Morgan fingerprint density at radius 1 is 1.35 bits per heavy atom. The van der Waals surface area contributed by atoms with E-state index < -0.39 is 0 Å². The van der Waals surface area contributed by atoms with Gasteiger partial charge >= 0.3 is 5.97 Å². The van der Waals surface area contributed by atoms with Crippen molar-refractivity contribution in [2.24, 2.45) is 0 Å². The van der Waals surface area contributed by atoms with Gasteiger partial charge < -0.3 is 10.1 Å². The highest BCUT2D eigenvalue weighted by atomic mass is 35.5. The van der Waals surface area contributed by atoms with Gasteiger partial charge in [-0.2, -0.15) is 0 Å². The van der Waals surface area contributed by atoms with Crippen LogP contribution in [0.5, 0.6) is 0 Å². The number of rotatable bonds is 2. The average molecular weight is 256 g/mol. The van der Waals surface area contributed by atoms with E-state index in [2.05, 4.69) is 17.0 Å². The molecule has 94 valence electrons. The normalized spacial score (nSPS) is 22.9. The minimum atomic E-state index is -0.277. The first kappa shape index (κ1) is 14.0. The molecule has 0 aliphatic carbocycles. The first-order valence-corrected chi connectivity index (χ1v) is 5.55. The molecule has 4 heteroatoms. The quantitative estimate of drug-likeness (QED) is 0.823. The van der Waals surface area contributed by atoms with Gasteiger partial charge in [0, 0.05) is 12.0 Å². The highest BCUT2D eigenvalue weighted by molar-refractivity contribution is 5.89. The second-order valence-corrected chi connectivity index (χ2v) is 4.56. The summed E-state index contributed by atoms with van der Waals surface area (Å²) in [4.78, 5) is 11.3. The van der Waals surface area contributed by atoms with Gasteiger partial charge in [0.25, 0.3) is 0 Å². The molecule has 2 rings (SSSR count). The molecule has 3 nitrogen and oxygen atoms in total. The van der Waals surface area contributed by atoms with Gasteiger partial charge in [0.15, 0.2) is 0 Å². The van der Waals surface area contributed by atoms with Crippen molar-refractivity contribution in [1.82, 2.24) is 5.32 Å². The fourth-order valence-corrected chi connectivity index (χ4v) is 2.19. The molecule has 0 saturated carbocycles. The van der Waals surface area contributed by atoms with Crippen LogP contribution in [0.15, 0.2) is 24.3 Å². The van der Waals surface area contributed by atoms with E-state index in [4.69, 9.17) is 0 Å². The smallest absolute Gasteiger partial charge is 0.337 e. The van der Waals surface area contributed by atoms with Crippen molar-refractivity contribution >= 4 is 18.4 Å². The van der Waals surface area contributed by atoms with Crippen LogP contribution in [0.3, 0.4) is 0 Å². The molecule has 1 unspecified atom stereocenters. The standard InChI is InChI=1S/C13H17NO2.ClH/c1-13(7-8-14-9-13)11-5-3-10(4-6-11)12(15)16-2;/h3-6,14H,7-9H2,1-2H3;1H. The predicted molar refractivity (Wildman–Crippen MR) is 69.9 cm³/mol. The summed E-state index contributed by atoms with van der Waals surface area (Å²) in [6.45, 7) is 4.32. The molecule has 1 fully saturated rings. The summed E-state index contributed by atoms with van der Waals surface area (Å²) >= 11 is 0. The van der Waals surface area contributed by atoms with Crippen molar-refractivity contribution < 1.29 is 9.53 Å². The summed E-state index contributed by atoms with van der Waals surface area (Å²) in [6, 6.07) is 7.73. The maximum absolute atomic E-state index is 11.3. The number of hydrogen-bond donors (Lipinski definition) is 1. The van der Waals surface area contributed by atoms with Crippen molar-refractivity contribution in [1.29, 1.82) is 0 Å². The van der Waals surface area contributed by atoms with E-state index in [9.17, 15) is 4.79 Å². The lowest BCUT2D eigenvalue weighted by molar-refractivity contribution is 0.0600. The van der Waals surface area contributed by atoms with Crippen LogP contribution in [0.4, 0.5) is 0 Å². The molecule has 1 aliphatic heterocycles. The van der Waals surface area contributed by atoms with Gasteiger partial charge in [-0.05, 0) is 30.7 Å². The van der Waals surface area contributed by atoms with E-state index in [-0.39, 0.29) is 23.8 Å². The zero-order valence-electron chi connectivity index (χ0n) is 10.2. The van der Waals surface area contributed by atoms with E-state index >= 15 is 0 Å². The Labute approximate surface area is 108 Å². The molecule has 1 N–H and O–H groups in total. The molecule has 1 heterocycles. The fourth-order valence-electron chi connectivity index (χ4n) is 2.19. The van der Waals surface area contributed by atoms with Gasteiger partial charge in [-0.3, -0.25) is 0 Å². The van der Waals surface area contributed by atoms with E-state index in [0.29, 0.717) is 5.56 Å². The molecule has 0 spiro atoms. The second kappa shape index (κ2) is 5.52. The predicted octanol–water partition coefficient (Wildman–Crippen LogP) is 2.15. The lowest BCUT2D eigenvalue weighted by Crippen LogP contribution is -2.24. The number of halogens is 1. The number of hydrogen-bond acceptors (Lipinski definition) is 3. The summed E-state index contributed by atoms with van der Waals surface area (Å²) < 4.78 is 4.68. The first-order valence-electron chi connectivity index (χ1n) is 5.55. The Morgan fingerprint density at radius 2 is 2.00 bits per heavy atom. The lowest BCUT2D eigenvalue weighted by Gasteiger charge is -2.23. The van der Waals surface area contributed by atoms with E-state index in [0.717, 1.165) is 19.5 Å². The van der Waals surface area contributed by atoms with Crippen molar-refractivity contribution in [2.75, 3.05) is 20.2 Å². The van der Waals surface area contributed by atoms with Crippen molar-refractivity contribution in [2.45, 2.75) is 18.8 Å². The van der Waals surface area contributed by atoms with Gasteiger partial charge in [0.05, 0.1) is 12.7 Å². The van der Waals surface area contributed by atoms with Crippen LogP contribution in [-0.2, 0) is 10.2 Å². The Balaban J connectivity index is 0.00000144. The Hall–Kier alpha value is -1.06. The number of methoxy groups -OCH3 is 1. The molecule has 1 aromatic carbocycles. The third-order valence-corrected chi connectivity index (χ3v) is 3.37. The van der Waals surface area contributed by atoms with Crippen LogP contribution in [0.1, 0.15) is 29.3 Å². The van der Waals surface area contributed by atoms with Crippen molar-refractivity contribution in [3.05, 3.63) is 35.4 Å². The Morgan fingerprint density at radius 3 is 2.47 bits per heavy atom. The monoisotopic (exact) mass is 255 g/mol. The molecular formula is C13H18ClNO2. The van der Waals surface area contributed by atoms with Gasteiger partial charge in [-0.1, -0.05) is 19.1 Å². The minimum Gasteiger partial charge on any atom is -0.465 e. The number of esters is 1. The number of carbonyl (C=O) groups excluding carboxylic acids is 1. The fraction of sp³-hybridized carbons (Fsp3) is 0.462. The molecule has 0 aromatic heterocycles. The van der Waals surface area contributed by atoms with Crippen LogP contribution in [0, 0.1) is 0 Å². The third kappa shape index (κ3) is 2.79. The Kier molecular flexibility index (Phi) is 4.54. The highest BCUT2D eigenvalue weighted by Gasteiger charge is 2.30. The van der Waals surface area contributed by atoms with Crippen molar-refractivity contribution in [3.8, 4) is 0 Å². The summed E-state index contributed by atoms with van der Waals surface area (Å²) in [5.74, 6) is -0.277. The molecule has 1 saturated heterocycles. The van der Waals surface area contributed by atoms with Crippen LogP contribution in [0.25, 0.3) is 0 Å². The molecule has 0 radical (unpaired) electrons. The zero-order chi connectivity index (χ0) is 11.6. The average Bonchev–Trinajstić information content (AvgIpc) is 2.77. The zero-order valence-corrected chi connectivity index (χ0v) is 11.0. The molecule has 0 amide bonds. The summed E-state index contributed by atoms with van der Waals surface area (Å²) in [6.07, 6.45) is 1.14. The van der Waals surface area contributed by atoms with E-state index in [1.807, 2.05) is 24.3 Å². The molecular weight excluding hydrogens is 238 g/mol. The number of benzene rings is 1. The topological polar surface area (TPSA) is 38.3 Å². The summed E-state index contributed by atoms with van der Waals surface area (Å²) in [5, 5.41) is 3.37. The van der Waals surface area contributed by atoms with Crippen LogP contribution < -0.4 is 5.32 Å². The SMILES string of the molecule is COC(=O)c1ccc(C2(C)CCNC2)cc1.Cl. The van der Waals surface area contributed by atoms with Crippen LogP contribution in [0.2, 0.25) is 0 Å². The molecule has 0 bridgehead atoms. The molecule has 1 aliphatic rings. The van der Waals surface area contributed by atoms with Gasteiger partial charge in [-0.25, -0.2) is 4.79 Å². The maximum Gasteiger partial charge on any atom is 0.337 e. The summed E-state index contributed by atoms with van der Waals surface area (Å²) in [5.41, 5.74) is 2.10. The first-order chi connectivity index (χ1) is 7.65. The lowest BCUT2D eigenvalue weighted by atomic mass is 9.81. The molecule has 1 aromatic rings. The second-order valence-electron chi connectivity index (χ2n) is 4.56. The van der Waals surface area contributed by atoms with Crippen LogP contribution >= 0.6 is 12.4 Å². The van der Waals surface area contributed by atoms with Gasteiger partial charge in [-0.15, -0.1) is 12.4 Å². The van der Waals surface area contributed by atoms with Crippen molar-refractivity contribution in [3.63, 3.8) is 0 Å². The Bertz CT molecular complexity index is 383. The third-order valence-electron chi connectivity index (χ3n) is 3.37.